The van der Waals surface area contributed by atoms with Crippen LogP contribution in [0.1, 0.15) is 51.2 Å². The van der Waals surface area contributed by atoms with Crippen molar-refractivity contribution >= 4 is 0 Å². The fourth-order valence-corrected chi connectivity index (χ4v) is 2.08. The topological polar surface area (TPSA) is 26.0 Å². The Morgan fingerprint density at radius 2 is 1.62 bits per heavy atom. The number of rotatable bonds is 5. The summed E-state index contributed by atoms with van der Waals surface area (Å²) in [7, 11) is 0. The molecule has 1 rings (SSSR count). The van der Waals surface area contributed by atoms with Gasteiger partial charge in [0.05, 0.1) is 0 Å². The molecule has 0 aromatic heterocycles. The zero-order chi connectivity index (χ0) is 12.1. The van der Waals surface area contributed by atoms with Crippen LogP contribution in [0.3, 0.4) is 0 Å². The molecule has 0 aliphatic rings. The maximum atomic E-state index is 6.19. The molecule has 0 saturated carbocycles. The highest BCUT2D eigenvalue weighted by Crippen LogP contribution is 2.22. The number of aryl methyl sites for hydroxylation is 1. The fourth-order valence-electron chi connectivity index (χ4n) is 2.08. The van der Waals surface area contributed by atoms with Gasteiger partial charge in [-0.1, -0.05) is 58.4 Å². The van der Waals surface area contributed by atoms with Gasteiger partial charge in [0.2, 0.25) is 0 Å². The predicted octanol–water partition coefficient (Wildman–Crippen LogP) is 3.73. The Bertz CT molecular complexity index is 300. The highest BCUT2D eigenvalue weighted by molar-refractivity contribution is 5.26. The van der Waals surface area contributed by atoms with Crippen molar-refractivity contribution in [3.05, 3.63) is 35.4 Å². The molecule has 1 aromatic rings. The first-order chi connectivity index (χ1) is 7.56. The van der Waals surface area contributed by atoms with Gasteiger partial charge in [-0.05, 0) is 29.4 Å². The third-order valence-electron chi connectivity index (χ3n) is 3.39. The normalized spacial score (nSPS) is 15.1. The molecule has 0 amide bonds. The van der Waals surface area contributed by atoms with Crippen LogP contribution in [0.2, 0.25) is 0 Å². The molecule has 1 heteroatoms. The Kier molecular flexibility index (Phi) is 5.01. The van der Waals surface area contributed by atoms with E-state index in [1.165, 1.54) is 24.0 Å². The molecular formula is C15H25N. The summed E-state index contributed by atoms with van der Waals surface area (Å²) in [5, 5.41) is 0. The van der Waals surface area contributed by atoms with E-state index in [0.717, 1.165) is 0 Å². The Morgan fingerprint density at radius 3 is 2.06 bits per heavy atom. The van der Waals surface area contributed by atoms with Gasteiger partial charge in [-0.3, -0.25) is 0 Å². The van der Waals surface area contributed by atoms with E-state index in [1.807, 2.05) is 0 Å². The molecule has 90 valence electrons. The number of hydrogen-bond donors (Lipinski definition) is 1. The largest absolute Gasteiger partial charge is 0.327 e. The van der Waals surface area contributed by atoms with Gasteiger partial charge in [-0.15, -0.1) is 0 Å². The average molecular weight is 219 g/mol. The lowest BCUT2D eigenvalue weighted by Crippen LogP contribution is -2.32. The van der Waals surface area contributed by atoms with Crippen LogP contribution in [-0.4, -0.2) is 6.04 Å². The molecule has 0 saturated heterocycles. The number of hydrogen-bond acceptors (Lipinski definition) is 1. The highest BCUT2D eigenvalue weighted by Gasteiger charge is 2.17. The molecule has 2 unspecified atom stereocenters. The molecule has 2 N–H and O–H groups in total. The zero-order valence-corrected chi connectivity index (χ0v) is 11.0. The van der Waals surface area contributed by atoms with E-state index in [0.29, 0.717) is 11.8 Å². The Balaban J connectivity index is 2.73. The van der Waals surface area contributed by atoms with Crippen LogP contribution in [-0.2, 0) is 6.42 Å². The van der Waals surface area contributed by atoms with Gasteiger partial charge in [0.25, 0.3) is 0 Å². The smallest absolute Gasteiger partial charge is 0.0128 e. The summed E-state index contributed by atoms with van der Waals surface area (Å²) >= 11 is 0. The number of nitrogens with two attached hydrogens (primary N) is 1. The van der Waals surface area contributed by atoms with Crippen LogP contribution < -0.4 is 5.73 Å². The van der Waals surface area contributed by atoms with E-state index >= 15 is 0 Å². The minimum absolute atomic E-state index is 0.247. The summed E-state index contributed by atoms with van der Waals surface area (Å²) in [4.78, 5) is 0. The number of benzene rings is 1. The third-order valence-corrected chi connectivity index (χ3v) is 3.39. The standard InChI is InChI=1S/C15H25N/c1-5-6-13-7-9-14(10-8-13)12(4)15(16)11(2)3/h7-12,15H,5-6,16H2,1-4H3. The molecule has 0 bridgehead atoms. The summed E-state index contributed by atoms with van der Waals surface area (Å²) in [6.07, 6.45) is 2.38. The third kappa shape index (κ3) is 3.34. The van der Waals surface area contributed by atoms with Crippen molar-refractivity contribution in [2.45, 2.75) is 52.5 Å². The van der Waals surface area contributed by atoms with Gasteiger partial charge in [-0.2, -0.15) is 0 Å². The van der Waals surface area contributed by atoms with Crippen molar-refractivity contribution in [1.82, 2.24) is 0 Å². The van der Waals surface area contributed by atoms with Crippen molar-refractivity contribution in [2.24, 2.45) is 11.7 Å². The predicted molar refractivity (Wildman–Crippen MR) is 71.7 cm³/mol. The maximum Gasteiger partial charge on any atom is 0.0128 e. The van der Waals surface area contributed by atoms with Gasteiger partial charge in [0, 0.05) is 6.04 Å². The average Bonchev–Trinajstić information content (AvgIpc) is 2.28. The van der Waals surface area contributed by atoms with Crippen molar-refractivity contribution in [3.8, 4) is 0 Å². The lowest BCUT2D eigenvalue weighted by atomic mass is 9.87. The van der Waals surface area contributed by atoms with Gasteiger partial charge >= 0.3 is 0 Å². The van der Waals surface area contributed by atoms with Gasteiger partial charge in [0.15, 0.2) is 0 Å². The molecule has 16 heavy (non-hydrogen) atoms. The first kappa shape index (κ1) is 13.2. The summed E-state index contributed by atoms with van der Waals surface area (Å²) in [5.41, 5.74) is 8.98. The molecule has 0 spiro atoms. The van der Waals surface area contributed by atoms with Gasteiger partial charge in [0.1, 0.15) is 0 Å². The minimum atomic E-state index is 0.247. The summed E-state index contributed by atoms with van der Waals surface area (Å²) in [5.74, 6) is 0.973. The van der Waals surface area contributed by atoms with Crippen LogP contribution in [0.25, 0.3) is 0 Å². The van der Waals surface area contributed by atoms with Crippen LogP contribution in [0.5, 0.6) is 0 Å². The first-order valence-electron chi connectivity index (χ1n) is 6.40. The minimum Gasteiger partial charge on any atom is -0.327 e. The van der Waals surface area contributed by atoms with Crippen LogP contribution in [0.4, 0.5) is 0 Å². The molecule has 0 aliphatic carbocycles. The van der Waals surface area contributed by atoms with E-state index in [4.69, 9.17) is 5.73 Å². The van der Waals surface area contributed by atoms with Crippen molar-refractivity contribution in [1.29, 1.82) is 0 Å². The van der Waals surface area contributed by atoms with Gasteiger partial charge < -0.3 is 5.73 Å². The quantitative estimate of drug-likeness (QED) is 0.802. The van der Waals surface area contributed by atoms with Crippen LogP contribution in [0, 0.1) is 5.92 Å². The maximum absolute atomic E-state index is 6.19. The summed E-state index contributed by atoms with van der Waals surface area (Å²) in [6.45, 7) is 8.81. The highest BCUT2D eigenvalue weighted by atomic mass is 14.7. The second-order valence-corrected chi connectivity index (χ2v) is 5.10. The lowest BCUT2D eigenvalue weighted by Gasteiger charge is -2.23. The van der Waals surface area contributed by atoms with Crippen LogP contribution >= 0.6 is 0 Å². The van der Waals surface area contributed by atoms with E-state index in [2.05, 4.69) is 52.0 Å². The SMILES string of the molecule is CCCc1ccc(C(C)C(N)C(C)C)cc1. The Hall–Kier alpha value is -0.820. The fraction of sp³-hybridized carbons (Fsp3) is 0.600. The second kappa shape index (κ2) is 6.05. The van der Waals surface area contributed by atoms with Crippen LogP contribution in [0.15, 0.2) is 24.3 Å². The van der Waals surface area contributed by atoms with E-state index in [9.17, 15) is 0 Å². The second-order valence-electron chi connectivity index (χ2n) is 5.10. The molecule has 0 aliphatic heterocycles. The van der Waals surface area contributed by atoms with Gasteiger partial charge in [-0.25, -0.2) is 0 Å². The Morgan fingerprint density at radius 1 is 1.06 bits per heavy atom. The molecule has 0 heterocycles. The molecule has 0 radical (unpaired) electrons. The van der Waals surface area contributed by atoms with Crippen molar-refractivity contribution < 1.29 is 0 Å². The summed E-state index contributed by atoms with van der Waals surface area (Å²) < 4.78 is 0. The molecule has 2 atom stereocenters. The lowest BCUT2D eigenvalue weighted by molar-refractivity contribution is 0.434. The van der Waals surface area contributed by atoms with E-state index in [1.54, 1.807) is 0 Å². The summed E-state index contributed by atoms with van der Waals surface area (Å²) in [6, 6.07) is 9.19. The molecule has 0 fully saturated rings. The monoisotopic (exact) mass is 219 g/mol. The first-order valence-corrected chi connectivity index (χ1v) is 6.40. The van der Waals surface area contributed by atoms with E-state index < -0.39 is 0 Å². The molecule has 1 nitrogen and oxygen atoms in total. The molecular weight excluding hydrogens is 194 g/mol. The zero-order valence-electron chi connectivity index (χ0n) is 11.0. The van der Waals surface area contributed by atoms with Crippen molar-refractivity contribution in [3.63, 3.8) is 0 Å². The van der Waals surface area contributed by atoms with Crippen molar-refractivity contribution in [2.75, 3.05) is 0 Å². The van der Waals surface area contributed by atoms with E-state index in [-0.39, 0.29) is 6.04 Å². The Labute approximate surface area is 100 Å². The molecule has 1 aromatic carbocycles.